The second-order valence-electron chi connectivity index (χ2n) is 10.8. The molecule has 0 amide bonds. The number of hydrogen-bond acceptors (Lipinski definition) is 1. The monoisotopic (exact) mass is 551 g/mol. The normalized spacial score (nSPS) is 13.4. The van der Waals surface area contributed by atoms with Gasteiger partial charge in [-0.05, 0) is 84.1 Å². The highest BCUT2D eigenvalue weighted by Crippen LogP contribution is 2.40. The Morgan fingerprint density at radius 3 is 1.98 bits per heavy atom. The average molecular weight is 552 g/mol. The van der Waals surface area contributed by atoms with E-state index in [1.807, 2.05) is 25.1 Å². The molecule has 3 aromatic carbocycles. The number of anilines is 1. The van der Waals surface area contributed by atoms with Gasteiger partial charge in [0.15, 0.2) is 0 Å². The van der Waals surface area contributed by atoms with Gasteiger partial charge in [-0.2, -0.15) is 0 Å². The fourth-order valence-corrected chi connectivity index (χ4v) is 4.81. The van der Waals surface area contributed by atoms with Gasteiger partial charge in [-0.1, -0.05) is 114 Å². The highest BCUT2D eigenvalue weighted by molar-refractivity contribution is 6.00. The number of halogens is 3. The third-order valence-corrected chi connectivity index (χ3v) is 7.39. The number of benzene rings is 3. The molecule has 0 saturated heterocycles. The Kier molecular flexibility index (Phi) is 14.6. The second kappa shape index (κ2) is 17.6. The van der Waals surface area contributed by atoms with Crippen molar-refractivity contribution in [3.63, 3.8) is 0 Å². The van der Waals surface area contributed by atoms with Gasteiger partial charge in [0.1, 0.15) is 0 Å². The van der Waals surface area contributed by atoms with Crippen molar-refractivity contribution in [3.05, 3.63) is 100 Å². The van der Waals surface area contributed by atoms with Crippen molar-refractivity contribution in [1.82, 2.24) is 0 Å². The molecule has 0 heterocycles. The topological polar surface area (TPSA) is 26.0 Å². The lowest BCUT2D eigenvalue weighted by Gasteiger charge is -2.17. The lowest BCUT2D eigenvalue weighted by molar-refractivity contribution is 0.151. The Morgan fingerprint density at radius 2 is 1.48 bits per heavy atom. The van der Waals surface area contributed by atoms with Crippen molar-refractivity contribution >= 4 is 16.8 Å². The minimum atomic E-state index is -2.45. The van der Waals surface area contributed by atoms with Crippen molar-refractivity contribution in [2.24, 2.45) is 5.92 Å². The highest BCUT2D eigenvalue weighted by atomic mass is 19.3. The molecule has 0 fully saturated rings. The summed E-state index contributed by atoms with van der Waals surface area (Å²) >= 11 is 0. The number of nitrogen functional groups attached to an aromatic ring is 1. The van der Waals surface area contributed by atoms with Crippen LogP contribution in [0.1, 0.15) is 112 Å². The van der Waals surface area contributed by atoms with E-state index in [2.05, 4.69) is 64.1 Å². The number of aryl methyl sites for hydroxylation is 2. The van der Waals surface area contributed by atoms with Crippen molar-refractivity contribution in [2.45, 2.75) is 92.4 Å². The van der Waals surface area contributed by atoms with E-state index in [0.29, 0.717) is 0 Å². The van der Waals surface area contributed by atoms with E-state index in [0.717, 1.165) is 54.8 Å². The maximum atomic E-state index is 13.0. The van der Waals surface area contributed by atoms with Crippen LogP contribution in [0.2, 0.25) is 0 Å². The summed E-state index contributed by atoms with van der Waals surface area (Å²) in [4.78, 5) is 0. The first-order chi connectivity index (χ1) is 19.2. The first-order valence-electron chi connectivity index (χ1n) is 14.9. The van der Waals surface area contributed by atoms with Gasteiger partial charge >= 0.3 is 0 Å². The van der Waals surface area contributed by atoms with Gasteiger partial charge in [-0.3, -0.25) is 4.39 Å². The zero-order valence-electron chi connectivity index (χ0n) is 25.1. The first-order valence-corrected chi connectivity index (χ1v) is 14.9. The van der Waals surface area contributed by atoms with E-state index < -0.39 is 6.43 Å². The predicted octanol–water partition coefficient (Wildman–Crippen LogP) is 11.4. The number of alkyl halides is 3. The summed E-state index contributed by atoms with van der Waals surface area (Å²) in [5.41, 5.74) is 15.0. The molecule has 0 aliphatic heterocycles. The SMILES string of the molecule is CCCC(C)CC.CCCCF.Cc1ccc(C2=C(c3ccc(C(F)F)cc3)CCCc3cc(N)ccc32)cc1. The Morgan fingerprint density at radius 1 is 0.825 bits per heavy atom. The van der Waals surface area contributed by atoms with Crippen LogP contribution >= 0.6 is 0 Å². The van der Waals surface area contributed by atoms with E-state index in [1.165, 1.54) is 59.2 Å². The molecule has 1 aliphatic carbocycles. The fourth-order valence-electron chi connectivity index (χ4n) is 4.81. The summed E-state index contributed by atoms with van der Waals surface area (Å²) in [5.74, 6) is 0.949. The maximum absolute atomic E-state index is 13.0. The maximum Gasteiger partial charge on any atom is 0.263 e. The van der Waals surface area contributed by atoms with E-state index in [4.69, 9.17) is 5.73 Å². The number of nitrogens with two attached hydrogens (primary N) is 1. The van der Waals surface area contributed by atoms with Crippen LogP contribution in [-0.4, -0.2) is 6.67 Å². The van der Waals surface area contributed by atoms with Crippen LogP contribution in [-0.2, 0) is 6.42 Å². The van der Waals surface area contributed by atoms with E-state index in [-0.39, 0.29) is 12.2 Å². The Hall–Kier alpha value is -3.01. The summed E-state index contributed by atoms with van der Waals surface area (Å²) < 4.78 is 37.0. The molecule has 3 aromatic rings. The molecular weight excluding hydrogens is 503 g/mol. The fraction of sp³-hybridized carbons (Fsp3) is 0.444. The summed E-state index contributed by atoms with van der Waals surface area (Å²) in [6.07, 6.45) is 6.17. The summed E-state index contributed by atoms with van der Waals surface area (Å²) in [7, 11) is 0. The van der Waals surface area contributed by atoms with Crippen LogP contribution in [0.3, 0.4) is 0 Å². The third kappa shape index (κ3) is 10.2. The Labute approximate surface area is 240 Å². The van der Waals surface area contributed by atoms with Gasteiger partial charge in [0, 0.05) is 11.3 Å². The van der Waals surface area contributed by atoms with Gasteiger partial charge in [0.2, 0.25) is 0 Å². The van der Waals surface area contributed by atoms with Crippen molar-refractivity contribution in [1.29, 1.82) is 0 Å². The highest BCUT2D eigenvalue weighted by Gasteiger charge is 2.20. The molecule has 4 rings (SSSR count). The van der Waals surface area contributed by atoms with Crippen LogP contribution in [0.15, 0.2) is 66.7 Å². The number of rotatable bonds is 8. The molecule has 0 saturated carbocycles. The largest absolute Gasteiger partial charge is 0.399 e. The third-order valence-electron chi connectivity index (χ3n) is 7.39. The Balaban J connectivity index is 0.000000394. The minimum absolute atomic E-state index is 0.0584. The molecular formula is C36H48F3N. The van der Waals surface area contributed by atoms with E-state index in [1.54, 1.807) is 0 Å². The molecule has 40 heavy (non-hydrogen) atoms. The van der Waals surface area contributed by atoms with Gasteiger partial charge < -0.3 is 5.73 Å². The zero-order chi connectivity index (χ0) is 29.5. The van der Waals surface area contributed by atoms with Gasteiger partial charge in [-0.15, -0.1) is 0 Å². The number of fused-ring (bicyclic) bond motifs is 1. The quantitative estimate of drug-likeness (QED) is 0.277. The molecule has 1 unspecified atom stereocenters. The summed E-state index contributed by atoms with van der Waals surface area (Å²) in [6.45, 7) is 10.7. The lowest BCUT2D eigenvalue weighted by Crippen LogP contribution is -1.98. The average Bonchev–Trinajstić information content (AvgIpc) is 3.14. The minimum Gasteiger partial charge on any atom is -0.399 e. The van der Waals surface area contributed by atoms with Gasteiger partial charge in [0.05, 0.1) is 6.67 Å². The van der Waals surface area contributed by atoms with Crippen LogP contribution in [0.4, 0.5) is 18.9 Å². The molecule has 1 aliphatic rings. The van der Waals surface area contributed by atoms with Gasteiger partial charge in [-0.25, -0.2) is 8.78 Å². The molecule has 218 valence electrons. The molecule has 0 aromatic heterocycles. The molecule has 4 heteroatoms. The number of hydrogen-bond donors (Lipinski definition) is 1. The molecule has 1 nitrogen and oxygen atoms in total. The second-order valence-corrected chi connectivity index (χ2v) is 10.8. The summed E-state index contributed by atoms with van der Waals surface area (Å²) in [6, 6.07) is 21.3. The summed E-state index contributed by atoms with van der Waals surface area (Å²) in [5, 5.41) is 0. The number of unbranched alkanes of at least 4 members (excludes halogenated alkanes) is 1. The van der Waals surface area contributed by atoms with Gasteiger partial charge in [0.25, 0.3) is 6.43 Å². The van der Waals surface area contributed by atoms with E-state index >= 15 is 0 Å². The van der Waals surface area contributed by atoms with Crippen molar-refractivity contribution in [3.8, 4) is 0 Å². The first kappa shape index (κ1) is 33.2. The van der Waals surface area contributed by atoms with Crippen molar-refractivity contribution < 1.29 is 13.2 Å². The standard InChI is InChI=1S/C25H23F2N.C7H16.C4H9F/c1-16-5-7-18(8-6-16)24-22(17-9-11-19(12-10-17)25(26)27)4-2-3-20-15-21(28)13-14-23(20)24;1-4-6-7(3)5-2;1-2-3-4-5/h5-15,25H,2-4,28H2,1H3;7H,4-6H2,1-3H3;2-4H2,1H3. The van der Waals surface area contributed by atoms with Crippen LogP contribution in [0, 0.1) is 12.8 Å². The van der Waals surface area contributed by atoms with Crippen LogP contribution in [0.5, 0.6) is 0 Å². The van der Waals surface area contributed by atoms with E-state index in [9.17, 15) is 13.2 Å². The smallest absolute Gasteiger partial charge is 0.263 e. The molecule has 0 radical (unpaired) electrons. The molecule has 0 bridgehead atoms. The van der Waals surface area contributed by atoms with Crippen molar-refractivity contribution in [2.75, 3.05) is 12.4 Å². The molecule has 0 spiro atoms. The molecule has 1 atom stereocenters. The zero-order valence-corrected chi connectivity index (χ0v) is 25.1. The van der Waals surface area contributed by atoms with Crippen LogP contribution in [0.25, 0.3) is 11.1 Å². The predicted molar refractivity (Wildman–Crippen MR) is 168 cm³/mol. The number of allylic oxidation sites excluding steroid dienone is 1. The molecule has 2 N–H and O–H groups in total. The lowest BCUT2D eigenvalue weighted by atomic mass is 9.87. The van der Waals surface area contributed by atoms with Crippen LogP contribution < -0.4 is 5.73 Å². The Bertz CT molecular complexity index is 1160.